The number of carbonyl (C=O) groups is 1. The molecule has 1 atom stereocenters. The monoisotopic (exact) mass is 260 g/mol. The number of aryl methyl sites for hydroxylation is 3. The smallest absolute Gasteiger partial charge is 0.151 e. The van der Waals surface area contributed by atoms with Crippen LogP contribution in [0.15, 0.2) is 12.1 Å². The highest BCUT2D eigenvalue weighted by atomic mass is 16.1. The first kappa shape index (κ1) is 14.2. The molecule has 1 aliphatic rings. The van der Waals surface area contributed by atoms with Crippen LogP contribution in [0.25, 0.3) is 0 Å². The van der Waals surface area contributed by atoms with Crippen LogP contribution in [0.5, 0.6) is 0 Å². The molecule has 0 aromatic heterocycles. The zero-order valence-corrected chi connectivity index (χ0v) is 12.4. The van der Waals surface area contributed by atoms with Gasteiger partial charge < -0.3 is 5.32 Å². The number of ketones is 1. The maximum Gasteiger partial charge on any atom is 0.151 e. The fourth-order valence-corrected chi connectivity index (χ4v) is 2.89. The summed E-state index contributed by atoms with van der Waals surface area (Å²) in [5, 5.41) is 3.34. The maximum atomic E-state index is 12.1. The van der Waals surface area contributed by atoms with Crippen LogP contribution in [-0.4, -0.2) is 36.9 Å². The highest BCUT2D eigenvalue weighted by Crippen LogP contribution is 2.27. The average Bonchev–Trinajstić information content (AvgIpc) is 2.37. The van der Waals surface area contributed by atoms with Gasteiger partial charge in [0.25, 0.3) is 0 Å². The van der Waals surface area contributed by atoms with Crippen LogP contribution in [0.4, 0.5) is 0 Å². The summed E-state index contributed by atoms with van der Waals surface area (Å²) in [5.41, 5.74) is 4.96. The van der Waals surface area contributed by atoms with E-state index in [1.807, 2.05) is 0 Å². The van der Waals surface area contributed by atoms with E-state index in [0.717, 1.165) is 26.2 Å². The average molecular weight is 260 g/mol. The van der Waals surface area contributed by atoms with Gasteiger partial charge in [0, 0.05) is 26.2 Å². The summed E-state index contributed by atoms with van der Waals surface area (Å²) in [5.74, 6) is 0.244. The SMILES string of the molecule is CC(=O)C(c1cc(C)c(C)cc1C)N1CCNCC1. The Morgan fingerprint density at radius 1 is 1.11 bits per heavy atom. The topological polar surface area (TPSA) is 32.3 Å². The largest absolute Gasteiger partial charge is 0.314 e. The van der Waals surface area contributed by atoms with Crippen molar-refractivity contribution in [1.29, 1.82) is 0 Å². The molecule has 1 aromatic carbocycles. The molecule has 1 aliphatic heterocycles. The Morgan fingerprint density at radius 3 is 2.26 bits per heavy atom. The fourth-order valence-electron chi connectivity index (χ4n) is 2.89. The summed E-state index contributed by atoms with van der Waals surface area (Å²) in [4.78, 5) is 14.4. The second kappa shape index (κ2) is 5.85. The van der Waals surface area contributed by atoms with Crippen molar-refractivity contribution >= 4 is 5.78 Å². The second-order valence-corrected chi connectivity index (χ2v) is 5.59. The molecule has 0 radical (unpaired) electrons. The molecule has 0 aliphatic carbocycles. The van der Waals surface area contributed by atoms with Gasteiger partial charge in [0.05, 0.1) is 6.04 Å². The third-order valence-electron chi connectivity index (χ3n) is 4.08. The van der Waals surface area contributed by atoms with Crippen LogP contribution in [0.2, 0.25) is 0 Å². The molecular formula is C16H24N2O. The summed E-state index contributed by atoms with van der Waals surface area (Å²) in [7, 11) is 0. The number of rotatable bonds is 3. The van der Waals surface area contributed by atoms with Crippen molar-refractivity contribution < 1.29 is 4.79 Å². The van der Waals surface area contributed by atoms with Crippen LogP contribution < -0.4 is 5.32 Å². The lowest BCUT2D eigenvalue weighted by atomic mass is 9.92. The van der Waals surface area contributed by atoms with E-state index in [0.29, 0.717) is 0 Å². The van der Waals surface area contributed by atoms with Gasteiger partial charge >= 0.3 is 0 Å². The third kappa shape index (κ3) is 3.04. The molecule has 104 valence electrons. The summed E-state index contributed by atoms with van der Waals surface area (Å²) in [6, 6.07) is 4.31. The van der Waals surface area contributed by atoms with Crippen molar-refractivity contribution in [1.82, 2.24) is 10.2 Å². The predicted molar refractivity (Wildman–Crippen MR) is 78.5 cm³/mol. The minimum atomic E-state index is -0.0820. The Labute approximate surface area is 116 Å². The van der Waals surface area contributed by atoms with E-state index in [-0.39, 0.29) is 11.8 Å². The molecule has 1 N–H and O–H groups in total. The van der Waals surface area contributed by atoms with E-state index in [1.165, 1.54) is 22.3 Å². The number of Topliss-reactive ketones (excluding diaryl/α,β-unsaturated/α-hetero) is 1. The number of hydrogen-bond donors (Lipinski definition) is 1. The normalized spacial score (nSPS) is 18.3. The van der Waals surface area contributed by atoms with E-state index in [1.54, 1.807) is 6.92 Å². The van der Waals surface area contributed by atoms with Gasteiger partial charge in [-0.25, -0.2) is 0 Å². The molecule has 0 bridgehead atoms. The quantitative estimate of drug-likeness (QED) is 0.904. The third-order valence-corrected chi connectivity index (χ3v) is 4.08. The number of benzene rings is 1. The Balaban J connectivity index is 2.38. The van der Waals surface area contributed by atoms with Crippen molar-refractivity contribution in [3.63, 3.8) is 0 Å². The first-order valence-corrected chi connectivity index (χ1v) is 7.03. The number of piperazine rings is 1. The molecule has 1 fully saturated rings. The Hall–Kier alpha value is -1.19. The number of carbonyl (C=O) groups excluding carboxylic acids is 1. The van der Waals surface area contributed by atoms with Crippen molar-refractivity contribution in [2.45, 2.75) is 33.7 Å². The number of hydrogen-bond acceptors (Lipinski definition) is 3. The number of nitrogens with one attached hydrogen (secondary N) is 1. The minimum Gasteiger partial charge on any atom is -0.314 e. The van der Waals surface area contributed by atoms with Crippen LogP contribution in [-0.2, 0) is 4.79 Å². The molecule has 0 spiro atoms. The van der Waals surface area contributed by atoms with Gasteiger partial charge in [-0.15, -0.1) is 0 Å². The van der Waals surface area contributed by atoms with E-state index in [4.69, 9.17) is 0 Å². The summed E-state index contributed by atoms with van der Waals surface area (Å²) < 4.78 is 0. The summed E-state index contributed by atoms with van der Waals surface area (Å²) >= 11 is 0. The molecule has 19 heavy (non-hydrogen) atoms. The van der Waals surface area contributed by atoms with Crippen molar-refractivity contribution in [3.8, 4) is 0 Å². The fraction of sp³-hybridized carbons (Fsp3) is 0.562. The van der Waals surface area contributed by atoms with Gasteiger partial charge in [-0.2, -0.15) is 0 Å². The Kier molecular flexibility index (Phi) is 4.38. The molecule has 1 saturated heterocycles. The molecule has 3 nitrogen and oxygen atoms in total. The summed E-state index contributed by atoms with van der Waals surface area (Å²) in [6.45, 7) is 11.9. The second-order valence-electron chi connectivity index (χ2n) is 5.59. The molecular weight excluding hydrogens is 236 g/mol. The van der Waals surface area contributed by atoms with E-state index in [2.05, 4.69) is 43.1 Å². The standard InChI is InChI=1S/C16H24N2O/c1-11-9-13(3)15(10-12(11)2)16(14(4)19)18-7-5-17-6-8-18/h9-10,16-17H,5-8H2,1-4H3. The zero-order valence-electron chi connectivity index (χ0n) is 12.4. The van der Waals surface area contributed by atoms with Crippen molar-refractivity contribution in [2.24, 2.45) is 0 Å². The zero-order chi connectivity index (χ0) is 14.0. The first-order chi connectivity index (χ1) is 9.00. The molecule has 1 unspecified atom stereocenters. The van der Waals surface area contributed by atoms with E-state index >= 15 is 0 Å². The highest BCUT2D eigenvalue weighted by molar-refractivity contribution is 5.83. The lowest BCUT2D eigenvalue weighted by Gasteiger charge is -2.34. The lowest BCUT2D eigenvalue weighted by Crippen LogP contribution is -2.47. The highest BCUT2D eigenvalue weighted by Gasteiger charge is 2.27. The predicted octanol–water partition coefficient (Wildman–Crippen LogP) is 2.15. The van der Waals surface area contributed by atoms with Gasteiger partial charge in [-0.3, -0.25) is 9.69 Å². The van der Waals surface area contributed by atoms with Crippen LogP contribution in [0, 0.1) is 20.8 Å². The number of nitrogens with zero attached hydrogens (tertiary/aromatic N) is 1. The minimum absolute atomic E-state index is 0.0820. The van der Waals surface area contributed by atoms with E-state index in [9.17, 15) is 4.79 Å². The molecule has 0 saturated carbocycles. The van der Waals surface area contributed by atoms with Crippen molar-refractivity contribution in [3.05, 3.63) is 34.4 Å². The van der Waals surface area contributed by atoms with Gasteiger partial charge in [0.1, 0.15) is 0 Å². The van der Waals surface area contributed by atoms with Crippen LogP contribution >= 0.6 is 0 Å². The van der Waals surface area contributed by atoms with Gasteiger partial charge in [0.2, 0.25) is 0 Å². The molecule has 1 aromatic rings. The van der Waals surface area contributed by atoms with Crippen LogP contribution in [0.3, 0.4) is 0 Å². The molecule has 1 heterocycles. The van der Waals surface area contributed by atoms with Gasteiger partial charge in [0.15, 0.2) is 5.78 Å². The first-order valence-electron chi connectivity index (χ1n) is 7.03. The summed E-state index contributed by atoms with van der Waals surface area (Å²) in [6.07, 6.45) is 0. The molecule has 2 rings (SSSR count). The Morgan fingerprint density at radius 2 is 1.68 bits per heavy atom. The maximum absolute atomic E-state index is 12.1. The van der Waals surface area contributed by atoms with Gasteiger partial charge in [-0.05, 0) is 49.9 Å². The van der Waals surface area contributed by atoms with Crippen LogP contribution in [0.1, 0.15) is 35.2 Å². The van der Waals surface area contributed by atoms with Crippen molar-refractivity contribution in [2.75, 3.05) is 26.2 Å². The lowest BCUT2D eigenvalue weighted by molar-refractivity contribution is -0.122. The van der Waals surface area contributed by atoms with Gasteiger partial charge in [-0.1, -0.05) is 12.1 Å². The van der Waals surface area contributed by atoms with E-state index < -0.39 is 0 Å². The molecule has 3 heteroatoms. The molecule has 0 amide bonds. The Bertz CT molecular complexity index is 476.